The molecule has 4 rings (SSSR count). The number of aryl methyl sites for hydroxylation is 2. The number of rotatable bonds is 4. The molecule has 0 radical (unpaired) electrons. The van der Waals surface area contributed by atoms with Crippen LogP contribution in [0.1, 0.15) is 29.7 Å². The van der Waals surface area contributed by atoms with E-state index in [1.807, 2.05) is 49.4 Å². The first kappa shape index (κ1) is 18.3. The van der Waals surface area contributed by atoms with E-state index in [-0.39, 0.29) is 5.91 Å². The molecule has 1 aliphatic rings. The molecule has 0 unspecified atom stereocenters. The second-order valence-electron chi connectivity index (χ2n) is 6.94. The Morgan fingerprint density at radius 2 is 1.93 bits per heavy atom. The van der Waals surface area contributed by atoms with Crippen LogP contribution in [0.25, 0.3) is 10.9 Å². The van der Waals surface area contributed by atoms with Gasteiger partial charge in [-0.15, -0.1) is 11.8 Å². The second-order valence-corrected chi connectivity index (χ2v) is 8.36. The number of hydrogen-bond donors (Lipinski definition) is 1. The molecule has 0 spiro atoms. The Morgan fingerprint density at radius 3 is 2.74 bits per heavy atom. The van der Waals surface area contributed by atoms with E-state index in [9.17, 15) is 4.79 Å². The molecule has 0 fully saturated rings. The van der Waals surface area contributed by atoms with Crippen molar-refractivity contribution in [3.63, 3.8) is 0 Å². The molecule has 0 saturated heterocycles. The maximum atomic E-state index is 12.5. The Balaban J connectivity index is 1.59. The van der Waals surface area contributed by atoms with Gasteiger partial charge in [0.05, 0.1) is 11.3 Å². The zero-order valence-electron chi connectivity index (χ0n) is 15.2. The summed E-state index contributed by atoms with van der Waals surface area (Å²) in [5.74, 6) is 0.367. The van der Waals surface area contributed by atoms with Crippen molar-refractivity contribution in [2.45, 2.75) is 37.5 Å². The number of anilines is 1. The average Bonchev–Trinajstić information content (AvgIpc) is 2.67. The number of aromatic nitrogens is 1. The van der Waals surface area contributed by atoms with Crippen LogP contribution in [-0.2, 0) is 17.6 Å². The highest BCUT2D eigenvalue weighted by Crippen LogP contribution is 2.37. The number of amides is 1. The van der Waals surface area contributed by atoms with Gasteiger partial charge in [0, 0.05) is 26.7 Å². The van der Waals surface area contributed by atoms with Gasteiger partial charge in [-0.2, -0.15) is 0 Å². The molecule has 5 heteroatoms. The number of hydrogen-bond acceptors (Lipinski definition) is 3. The topological polar surface area (TPSA) is 42.0 Å². The Kier molecular flexibility index (Phi) is 5.37. The van der Waals surface area contributed by atoms with E-state index in [1.54, 1.807) is 11.8 Å². The normalized spacial score (nSPS) is 13.4. The van der Waals surface area contributed by atoms with Crippen LogP contribution in [0.2, 0.25) is 5.02 Å². The SMILES string of the molecule is Cc1ccc(NC(=O)CSc2c3c(nc4ccc(Cl)cc24)CCCC3)cc1. The third kappa shape index (κ3) is 4.12. The first-order valence-electron chi connectivity index (χ1n) is 9.20. The molecule has 0 saturated carbocycles. The Labute approximate surface area is 168 Å². The smallest absolute Gasteiger partial charge is 0.234 e. The zero-order chi connectivity index (χ0) is 18.8. The molecule has 27 heavy (non-hydrogen) atoms. The van der Waals surface area contributed by atoms with Gasteiger partial charge < -0.3 is 5.32 Å². The minimum absolute atomic E-state index is 0.000373. The highest BCUT2D eigenvalue weighted by molar-refractivity contribution is 8.00. The fourth-order valence-corrected chi connectivity index (χ4v) is 4.72. The van der Waals surface area contributed by atoms with Gasteiger partial charge in [-0.3, -0.25) is 9.78 Å². The van der Waals surface area contributed by atoms with Crippen molar-refractivity contribution >= 4 is 45.9 Å². The first-order chi connectivity index (χ1) is 13.1. The van der Waals surface area contributed by atoms with Gasteiger partial charge in [-0.05, 0) is 68.5 Å². The highest BCUT2D eigenvalue weighted by atomic mass is 35.5. The number of benzene rings is 2. The summed E-state index contributed by atoms with van der Waals surface area (Å²) in [6.07, 6.45) is 4.38. The van der Waals surface area contributed by atoms with E-state index < -0.39 is 0 Å². The number of nitrogens with zero attached hydrogens (tertiary/aromatic N) is 1. The van der Waals surface area contributed by atoms with Crippen molar-refractivity contribution < 1.29 is 4.79 Å². The lowest BCUT2D eigenvalue weighted by atomic mass is 9.94. The fourth-order valence-electron chi connectivity index (χ4n) is 3.49. The molecule has 1 amide bonds. The monoisotopic (exact) mass is 396 g/mol. The third-order valence-corrected chi connectivity index (χ3v) is 6.25. The number of carbonyl (C=O) groups is 1. The van der Waals surface area contributed by atoms with Crippen LogP contribution in [0.3, 0.4) is 0 Å². The number of fused-ring (bicyclic) bond motifs is 2. The standard InChI is InChI=1S/C22H21ClN2OS/c1-14-6-9-16(10-7-14)24-21(26)13-27-22-17-4-2-3-5-19(17)25-20-11-8-15(23)12-18(20)22/h6-12H,2-5,13H2,1H3,(H,24,26). The van der Waals surface area contributed by atoms with E-state index in [0.717, 1.165) is 34.3 Å². The Morgan fingerprint density at radius 1 is 1.15 bits per heavy atom. The van der Waals surface area contributed by atoms with Gasteiger partial charge in [-0.1, -0.05) is 29.3 Å². The summed E-state index contributed by atoms with van der Waals surface area (Å²) in [6, 6.07) is 13.7. The summed E-state index contributed by atoms with van der Waals surface area (Å²) in [4.78, 5) is 18.5. The van der Waals surface area contributed by atoms with Gasteiger partial charge in [0.15, 0.2) is 0 Å². The van der Waals surface area contributed by atoms with Crippen LogP contribution in [0, 0.1) is 6.92 Å². The lowest BCUT2D eigenvalue weighted by Crippen LogP contribution is -2.15. The van der Waals surface area contributed by atoms with E-state index in [2.05, 4.69) is 5.32 Å². The fraction of sp³-hybridized carbons (Fsp3) is 0.273. The Bertz CT molecular complexity index is 1000. The van der Waals surface area contributed by atoms with E-state index in [1.165, 1.54) is 29.7 Å². The maximum Gasteiger partial charge on any atom is 0.234 e. The van der Waals surface area contributed by atoms with Crippen LogP contribution in [0.4, 0.5) is 5.69 Å². The predicted octanol–water partition coefficient (Wildman–Crippen LogP) is 5.81. The third-order valence-electron chi connectivity index (χ3n) is 4.85. The van der Waals surface area contributed by atoms with Crippen molar-refractivity contribution in [2.75, 3.05) is 11.1 Å². The second kappa shape index (κ2) is 7.91. The minimum Gasteiger partial charge on any atom is -0.325 e. The van der Waals surface area contributed by atoms with Crippen LogP contribution < -0.4 is 5.32 Å². The molecule has 0 bridgehead atoms. The molecule has 138 valence electrons. The molecule has 1 aromatic heterocycles. The van der Waals surface area contributed by atoms with Crippen LogP contribution in [0.5, 0.6) is 0 Å². The summed E-state index contributed by atoms with van der Waals surface area (Å²) < 4.78 is 0. The van der Waals surface area contributed by atoms with Gasteiger partial charge in [0.1, 0.15) is 0 Å². The molecule has 1 N–H and O–H groups in total. The van der Waals surface area contributed by atoms with Gasteiger partial charge >= 0.3 is 0 Å². The average molecular weight is 397 g/mol. The number of nitrogens with one attached hydrogen (secondary N) is 1. The van der Waals surface area contributed by atoms with Gasteiger partial charge in [0.2, 0.25) is 5.91 Å². The van der Waals surface area contributed by atoms with Gasteiger partial charge in [-0.25, -0.2) is 0 Å². The molecular weight excluding hydrogens is 376 g/mol. The summed E-state index contributed by atoms with van der Waals surface area (Å²) in [5.41, 5.74) is 5.44. The van der Waals surface area contributed by atoms with Crippen LogP contribution >= 0.6 is 23.4 Å². The molecule has 3 aromatic rings. The highest BCUT2D eigenvalue weighted by Gasteiger charge is 2.19. The van der Waals surface area contributed by atoms with Crippen molar-refractivity contribution in [1.29, 1.82) is 0 Å². The lowest BCUT2D eigenvalue weighted by Gasteiger charge is -2.20. The summed E-state index contributed by atoms with van der Waals surface area (Å²) in [5, 5.41) is 4.73. The van der Waals surface area contributed by atoms with Crippen LogP contribution in [0.15, 0.2) is 47.4 Å². The minimum atomic E-state index is 0.000373. The lowest BCUT2D eigenvalue weighted by molar-refractivity contribution is -0.113. The molecule has 2 aromatic carbocycles. The summed E-state index contributed by atoms with van der Waals surface area (Å²) in [7, 11) is 0. The molecule has 1 aliphatic carbocycles. The van der Waals surface area contributed by atoms with Crippen molar-refractivity contribution in [1.82, 2.24) is 4.98 Å². The van der Waals surface area contributed by atoms with E-state index >= 15 is 0 Å². The number of pyridine rings is 1. The van der Waals surface area contributed by atoms with Crippen molar-refractivity contribution in [2.24, 2.45) is 0 Å². The maximum absolute atomic E-state index is 12.5. The Hall–Kier alpha value is -2.04. The van der Waals surface area contributed by atoms with Gasteiger partial charge in [0.25, 0.3) is 0 Å². The summed E-state index contributed by atoms with van der Waals surface area (Å²) >= 11 is 7.83. The zero-order valence-corrected chi connectivity index (χ0v) is 16.8. The number of halogens is 1. The molecule has 1 heterocycles. The van der Waals surface area contributed by atoms with E-state index in [0.29, 0.717) is 10.8 Å². The molecular formula is C22H21ClN2OS. The van der Waals surface area contributed by atoms with E-state index in [4.69, 9.17) is 16.6 Å². The predicted molar refractivity (Wildman–Crippen MR) is 114 cm³/mol. The van der Waals surface area contributed by atoms with Crippen LogP contribution in [-0.4, -0.2) is 16.6 Å². The quantitative estimate of drug-likeness (QED) is 0.566. The molecule has 0 aliphatic heterocycles. The molecule has 0 atom stereocenters. The summed E-state index contributed by atoms with van der Waals surface area (Å²) in [6.45, 7) is 2.03. The first-order valence-corrected chi connectivity index (χ1v) is 10.6. The van der Waals surface area contributed by atoms with Crippen molar-refractivity contribution in [3.05, 3.63) is 64.3 Å². The number of carbonyl (C=O) groups excluding carboxylic acids is 1. The van der Waals surface area contributed by atoms with Crippen molar-refractivity contribution in [3.8, 4) is 0 Å². The number of thioether (sulfide) groups is 1. The molecule has 3 nitrogen and oxygen atoms in total. The largest absolute Gasteiger partial charge is 0.325 e.